The second-order valence-corrected chi connectivity index (χ2v) is 7.12. The number of carbonyl (C=O) groups excluding carboxylic acids is 1. The maximum absolute atomic E-state index is 12.3. The molecule has 148 valence electrons. The Bertz CT molecular complexity index is 929. The van der Waals surface area contributed by atoms with Gasteiger partial charge in [0.25, 0.3) is 0 Å². The van der Waals surface area contributed by atoms with Crippen molar-refractivity contribution in [3.63, 3.8) is 0 Å². The summed E-state index contributed by atoms with van der Waals surface area (Å²) in [6, 6.07) is 25.3. The molecule has 0 aliphatic heterocycles. The molecule has 0 aliphatic carbocycles. The molecule has 0 aromatic heterocycles. The zero-order chi connectivity index (χ0) is 20.5. The number of hydrogen-bond acceptors (Lipinski definition) is 3. The van der Waals surface area contributed by atoms with E-state index in [1.165, 1.54) is 11.1 Å². The van der Waals surface area contributed by atoms with Gasteiger partial charge in [-0.2, -0.15) is 0 Å². The lowest BCUT2D eigenvalue weighted by Gasteiger charge is -2.07. The Balaban J connectivity index is 1.57. The van der Waals surface area contributed by atoms with Crippen LogP contribution in [-0.2, 0) is 6.42 Å². The van der Waals surface area contributed by atoms with E-state index >= 15 is 0 Å². The van der Waals surface area contributed by atoms with Crippen molar-refractivity contribution in [2.75, 3.05) is 0 Å². The molecule has 0 aliphatic rings. The van der Waals surface area contributed by atoms with Gasteiger partial charge in [0.1, 0.15) is 5.75 Å². The molecule has 3 rings (SSSR count). The summed E-state index contributed by atoms with van der Waals surface area (Å²) in [6.45, 7) is 4.24. The van der Waals surface area contributed by atoms with Crippen LogP contribution in [-0.4, -0.2) is 12.2 Å². The lowest BCUT2D eigenvalue weighted by molar-refractivity contribution is 0.0734. The van der Waals surface area contributed by atoms with E-state index in [4.69, 9.17) is 4.74 Å². The molecule has 0 fully saturated rings. The predicted octanol–water partition coefficient (Wildman–Crippen LogP) is 6.43. The molecule has 1 atom stereocenters. The monoisotopic (exact) mass is 385 g/mol. The topological polar surface area (TPSA) is 38.7 Å². The van der Waals surface area contributed by atoms with E-state index in [-0.39, 0.29) is 12.0 Å². The summed E-state index contributed by atoms with van der Waals surface area (Å²) in [5, 5.41) is 0. The van der Waals surface area contributed by atoms with E-state index in [2.05, 4.69) is 31.0 Å². The largest absolute Gasteiger partial charge is 0.423 e. The van der Waals surface area contributed by atoms with Crippen LogP contribution in [0.2, 0.25) is 0 Å². The van der Waals surface area contributed by atoms with Crippen LogP contribution in [0.5, 0.6) is 5.75 Å². The van der Waals surface area contributed by atoms with Gasteiger partial charge in [-0.3, -0.25) is 4.99 Å². The highest BCUT2D eigenvalue weighted by atomic mass is 16.5. The number of unbranched alkanes of at least 4 members (excludes halogenated alkanes) is 1. The minimum absolute atomic E-state index is 0.0917. The van der Waals surface area contributed by atoms with Crippen LogP contribution in [0, 0.1) is 0 Å². The van der Waals surface area contributed by atoms with Crippen molar-refractivity contribution in [1.82, 2.24) is 0 Å². The molecule has 0 amide bonds. The summed E-state index contributed by atoms with van der Waals surface area (Å²) in [6.07, 6.45) is 5.20. The molecule has 0 saturated carbocycles. The standard InChI is InChI=1S/C26H27NO2/c1-3-4-8-21-11-15-24(16-12-21)26(28)29-25-17-13-22(14-18-25)19-27-20(2)23-9-6-5-7-10-23/h5-7,9-20H,3-4,8H2,1-2H3. The first-order valence-corrected chi connectivity index (χ1v) is 10.1. The molecule has 0 bridgehead atoms. The highest BCUT2D eigenvalue weighted by Gasteiger charge is 2.08. The Morgan fingerprint density at radius 3 is 2.31 bits per heavy atom. The molecule has 3 aromatic carbocycles. The van der Waals surface area contributed by atoms with Crippen molar-refractivity contribution in [3.8, 4) is 5.75 Å². The molecule has 1 unspecified atom stereocenters. The smallest absolute Gasteiger partial charge is 0.343 e. The minimum Gasteiger partial charge on any atom is -0.423 e. The SMILES string of the molecule is CCCCc1ccc(C(=O)Oc2ccc(C=NC(C)c3ccccc3)cc2)cc1. The number of hydrogen-bond donors (Lipinski definition) is 0. The van der Waals surface area contributed by atoms with Crippen molar-refractivity contribution >= 4 is 12.2 Å². The quantitative estimate of drug-likeness (QED) is 0.255. The fraction of sp³-hybridized carbons (Fsp3) is 0.231. The van der Waals surface area contributed by atoms with Gasteiger partial charge in [0.05, 0.1) is 11.6 Å². The summed E-state index contributed by atoms with van der Waals surface area (Å²) < 4.78 is 5.49. The molecule has 0 saturated heterocycles. The maximum Gasteiger partial charge on any atom is 0.343 e. The Morgan fingerprint density at radius 2 is 1.66 bits per heavy atom. The lowest BCUT2D eigenvalue weighted by Crippen LogP contribution is -2.08. The highest BCUT2D eigenvalue weighted by molar-refractivity contribution is 5.91. The zero-order valence-corrected chi connectivity index (χ0v) is 17.0. The maximum atomic E-state index is 12.3. The first-order valence-electron chi connectivity index (χ1n) is 10.1. The fourth-order valence-electron chi connectivity index (χ4n) is 2.99. The summed E-state index contributed by atoms with van der Waals surface area (Å²) in [5.41, 5.74) is 3.95. The van der Waals surface area contributed by atoms with E-state index < -0.39 is 0 Å². The number of nitrogens with zero attached hydrogens (tertiary/aromatic N) is 1. The number of benzene rings is 3. The molecule has 0 radical (unpaired) electrons. The number of rotatable bonds is 8. The summed E-state index contributed by atoms with van der Waals surface area (Å²) in [4.78, 5) is 16.9. The van der Waals surface area contributed by atoms with Gasteiger partial charge in [0, 0.05) is 6.21 Å². The number of aryl methyl sites for hydroxylation is 1. The second-order valence-electron chi connectivity index (χ2n) is 7.12. The van der Waals surface area contributed by atoms with Crippen molar-refractivity contribution in [3.05, 3.63) is 101 Å². The van der Waals surface area contributed by atoms with Crippen LogP contribution in [0.25, 0.3) is 0 Å². The molecular formula is C26H27NO2. The second kappa shape index (κ2) is 10.4. The summed E-state index contributed by atoms with van der Waals surface area (Å²) in [7, 11) is 0. The average Bonchev–Trinajstić information content (AvgIpc) is 2.78. The third kappa shape index (κ3) is 6.15. The fourth-order valence-corrected chi connectivity index (χ4v) is 2.99. The zero-order valence-electron chi connectivity index (χ0n) is 17.0. The van der Waals surface area contributed by atoms with Crippen molar-refractivity contribution in [1.29, 1.82) is 0 Å². The third-order valence-corrected chi connectivity index (χ3v) is 4.83. The Labute approximate surface area is 173 Å². The lowest BCUT2D eigenvalue weighted by atomic mass is 10.1. The first kappa shape index (κ1) is 20.5. The molecule has 0 heterocycles. The Morgan fingerprint density at radius 1 is 0.966 bits per heavy atom. The normalized spacial score (nSPS) is 12.1. The number of carbonyl (C=O) groups is 1. The van der Waals surface area contributed by atoms with Crippen molar-refractivity contribution < 1.29 is 9.53 Å². The molecule has 3 aromatic rings. The predicted molar refractivity (Wildman–Crippen MR) is 119 cm³/mol. The molecule has 29 heavy (non-hydrogen) atoms. The van der Waals surface area contributed by atoms with Crippen LogP contribution < -0.4 is 4.74 Å². The van der Waals surface area contributed by atoms with E-state index in [1.54, 1.807) is 12.1 Å². The highest BCUT2D eigenvalue weighted by Crippen LogP contribution is 2.17. The van der Waals surface area contributed by atoms with Gasteiger partial charge in [0.15, 0.2) is 0 Å². The average molecular weight is 386 g/mol. The van der Waals surface area contributed by atoms with E-state index in [0.717, 1.165) is 24.8 Å². The molecule has 0 N–H and O–H groups in total. The number of ether oxygens (including phenoxy) is 1. The van der Waals surface area contributed by atoms with Gasteiger partial charge in [-0.05, 0) is 72.9 Å². The van der Waals surface area contributed by atoms with Crippen LogP contribution in [0.1, 0.15) is 59.8 Å². The van der Waals surface area contributed by atoms with Gasteiger partial charge in [0.2, 0.25) is 0 Å². The molecule has 0 spiro atoms. The van der Waals surface area contributed by atoms with Gasteiger partial charge in [-0.1, -0.05) is 55.8 Å². The Kier molecular flexibility index (Phi) is 7.34. The van der Waals surface area contributed by atoms with Crippen molar-refractivity contribution in [2.45, 2.75) is 39.2 Å². The van der Waals surface area contributed by atoms with Gasteiger partial charge in [-0.25, -0.2) is 4.79 Å². The number of esters is 1. The van der Waals surface area contributed by atoms with E-state index in [0.29, 0.717) is 11.3 Å². The first-order chi connectivity index (χ1) is 14.2. The molecule has 3 nitrogen and oxygen atoms in total. The summed E-state index contributed by atoms with van der Waals surface area (Å²) in [5.74, 6) is 0.185. The Hall–Kier alpha value is -3.20. The van der Waals surface area contributed by atoms with E-state index in [9.17, 15) is 4.79 Å². The van der Waals surface area contributed by atoms with Crippen molar-refractivity contribution in [2.24, 2.45) is 4.99 Å². The van der Waals surface area contributed by atoms with Crippen LogP contribution in [0.4, 0.5) is 0 Å². The summed E-state index contributed by atoms with van der Waals surface area (Å²) >= 11 is 0. The van der Waals surface area contributed by atoms with Crippen LogP contribution in [0.3, 0.4) is 0 Å². The van der Waals surface area contributed by atoms with Crippen LogP contribution >= 0.6 is 0 Å². The minimum atomic E-state index is -0.342. The van der Waals surface area contributed by atoms with E-state index in [1.807, 2.05) is 60.8 Å². The molecule has 3 heteroatoms. The molecular weight excluding hydrogens is 358 g/mol. The third-order valence-electron chi connectivity index (χ3n) is 4.83. The number of aliphatic imine (C=N–C) groups is 1. The van der Waals surface area contributed by atoms with Gasteiger partial charge >= 0.3 is 5.97 Å². The van der Waals surface area contributed by atoms with Crippen LogP contribution in [0.15, 0.2) is 83.9 Å². The van der Waals surface area contributed by atoms with Gasteiger partial charge in [-0.15, -0.1) is 0 Å². The van der Waals surface area contributed by atoms with Gasteiger partial charge < -0.3 is 4.74 Å².